The normalized spacial score (nSPS) is 10.7. The van der Waals surface area contributed by atoms with Crippen molar-refractivity contribution in [1.29, 1.82) is 0 Å². The van der Waals surface area contributed by atoms with Gasteiger partial charge in [0.15, 0.2) is 0 Å². The summed E-state index contributed by atoms with van der Waals surface area (Å²) < 4.78 is 4.89. The summed E-state index contributed by atoms with van der Waals surface area (Å²) in [4.78, 5) is 17.7. The van der Waals surface area contributed by atoms with Crippen molar-refractivity contribution in [2.45, 2.75) is 39.2 Å². The first kappa shape index (κ1) is 15.6. The minimum Gasteiger partial charge on any atom is -0.466 e. The fraction of sp³-hybridized carbons (Fsp3) is 0.600. The first-order valence-corrected chi connectivity index (χ1v) is 6.96. The summed E-state index contributed by atoms with van der Waals surface area (Å²) in [5.41, 5.74) is 1.09. The lowest BCUT2D eigenvalue weighted by atomic mass is 10.2. The molecule has 0 aliphatic heterocycles. The minimum absolute atomic E-state index is 0.0793. The van der Waals surface area contributed by atoms with Gasteiger partial charge in [-0.3, -0.25) is 9.78 Å². The summed E-state index contributed by atoms with van der Waals surface area (Å²) >= 11 is 0. The van der Waals surface area contributed by atoms with Crippen molar-refractivity contribution in [1.82, 2.24) is 9.88 Å². The molecule has 0 radical (unpaired) electrons. The van der Waals surface area contributed by atoms with Crippen LogP contribution in [-0.2, 0) is 16.1 Å². The highest BCUT2D eigenvalue weighted by molar-refractivity contribution is 5.69. The molecule has 0 fully saturated rings. The van der Waals surface area contributed by atoms with E-state index in [1.807, 2.05) is 31.3 Å². The molecular formula is C15H24N2O2. The fourth-order valence-corrected chi connectivity index (χ4v) is 1.91. The summed E-state index contributed by atoms with van der Waals surface area (Å²) in [7, 11) is 2.10. The first-order valence-electron chi connectivity index (χ1n) is 6.96. The maximum absolute atomic E-state index is 11.1. The first-order chi connectivity index (χ1) is 9.22. The molecule has 0 aliphatic carbocycles. The van der Waals surface area contributed by atoms with Crippen molar-refractivity contribution < 1.29 is 9.53 Å². The molecule has 0 N–H and O–H groups in total. The Balaban J connectivity index is 2.04. The Morgan fingerprint density at radius 3 is 2.84 bits per heavy atom. The lowest BCUT2D eigenvalue weighted by molar-refractivity contribution is -0.143. The molecule has 0 amide bonds. The summed E-state index contributed by atoms with van der Waals surface area (Å²) in [5, 5.41) is 0. The average molecular weight is 264 g/mol. The van der Waals surface area contributed by atoms with E-state index < -0.39 is 0 Å². The van der Waals surface area contributed by atoms with Crippen LogP contribution in [0.3, 0.4) is 0 Å². The number of rotatable bonds is 9. The Bertz CT molecular complexity index is 354. The molecule has 0 spiro atoms. The number of nitrogens with zero attached hydrogens (tertiary/aromatic N) is 2. The molecule has 1 aromatic rings. The Morgan fingerprint density at radius 2 is 2.16 bits per heavy atom. The Kier molecular flexibility index (Phi) is 7.82. The van der Waals surface area contributed by atoms with E-state index in [4.69, 9.17) is 4.74 Å². The van der Waals surface area contributed by atoms with E-state index in [1.54, 1.807) is 0 Å². The number of ether oxygens (including phenoxy) is 1. The van der Waals surface area contributed by atoms with Gasteiger partial charge in [0.2, 0.25) is 0 Å². The van der Waals surface area contributed by atoms with Crippen LogP contribution in [0.2, 0.25) is 0 Å². The number of unbranched alkanes of at least 4 members (excludes halogenated alkanes) is 2. The topological polar surface area (TPSA) is 42.4 Å². The number of aromatic nitrogens is 1. The van der Waals surface area contributed by atoms with Crippen LogP contribution in [0.15, 0.2) is 24.4 Å². The Hall–Kier alpha value is -1.42. The molecule has 0 aromatic carbocycles. The number of carbonyl (C=O) groups excluding carboxylic acids is 1. The summed E-state index contributed by atoms with van der Waals surface area (Å²) in [5.74, 6) is -0.0793. The van der Waals surface area contributed by atoms with Gasteiger partial charge in [-0.1, -0.05) is 12.5 Å². The molecule has 0 atom stereocenters. The van der Waals surface area contributed by atoms with Crippen LogP contribution >= 0.6 is 0 Å². The molecule has 1 rings (SSSR count). The highest BCUT2D eigenvalue weighted by Gasteiger charge is 2.03. The van der Waals surface area contributed by atoms with Gasteiger partial charge in [0.25, 0.3) is 0 Å². The molecule has 1 aromatic heterocycles. The van der Waals surface area contributed by atoms with E-state index in [9.17, 15) is 4.79 Å². The van der Waals surface area contributed by atoms with Crippen molar-refractivity contribution >= 4 is 5.97 Å². The van der Waals surface area contributed by atoms with Crippen LogP contribution in [0.4, 0.5) is 0 Å². The van der Waals surface area contributed by atoms with Crippen LogP contribution < -0.4 is 0 Å². The summed E-state index contributed by atoms with van der Waals surface area (Å²) in [6, 6.07) is 5.98. The van der Waals surface area contributed by atoms with Gasteiger partial charge >= 0.3 is 5.97 Å². The highest BCUT2D eigenvalue weighted by atomic mass is 16.5. The quantitative estimate of drug-likeness (QED) is 0.508. The average Bonchev–Trinajstić information content (AvgIpc) is 2.40. The van der Waals surface area contributed by atoms with Crippen LogP contribution in [0.5, 0.6) is 0 Å². The molecule has 0 saturated carbocycles. The molecule has 4 nitrogen and oxygen atoms in total. The fourth-order valence-electron chi connectivity index (χ4n) is 1.91. The molecule has 0 unspecified atom stereocenters. The predicted octanol–water partition coefficient (Wildman–Crippen LogP) is 2.64. The maximum Gasteiger partial charge on any atom is 0.305 e. The molecule has 0 saturated heterocycles. The predicted molar refractivity (Wildman–Crippen MR) is 75.7 cm³/mol. The van der Waals surface area contributed by atoms with Gasteiger partial charge in [0.1, 0.15) is 0 Å². The van der Waals surface area contributed by atoms with Gasteiger partial charge in [-0.2, -0.15) is 0 Å². The van der Waals surface area contributed by atoms with Crippen molar-refractivity contribution in [3.8, 4) is 0 Å². The summed E-state index contributed by atoms with van der Waals surface area (Å²) in [6.07, 6.45) is 5.44. The van der Waals surface area contributed by atoms with Gasteiger partial charge < -0.3 is 9.64 Å². The number of carbonyl (C=O) groups is 1. The zero-order valence-electron chi connectivity index (χ0n) is 12.0. The van der Waals surface area contributed by atoms with Crippen molar-refractivity contribution in [3.05, 3.63) is 30.1 Å². The minimum atomic E-state index is -0.0793. The standard InChI is InChI=1S/C15H24N2O2/c1-3-19-15(18)10-5-4-8-12-17(2)13-14-9-6-7-11-16-14/h6-7,9,11H,3-5,8,10,12-13H2,1-2H3. The largest absolute Gasteiger partial charge is 0.466 e. The number of hydrogen-bond donors (Lipinski definition) is 0. The van der Waals surface area contributed by atoms with Crippen LogP contribution in [0.25, 0.3) is 0 Å². The van der Waals surface area contributed by atoms with E-state index in [0.717, 1.165) is 38.0 Å². The third-order valence-electron chi connectivity index (χ3n) is 2.88. The van der Waals surface area contributed by atoms with E-state index in [-0.39, 0.29) is 5.97 Å². The third-order valence-corrected chi connectivity index (χ3v) is 2.88. The number of hydrogen-bond acceptors (Lipinski definition) is 4. The second-order valence-corrected chi connectivity index (χ2v) is 4.67. The molecule has 19 heavy (non-hydrogen) atoms. The Labute approximate surface area is 115 Å². The molecule has 1 heterocycles. The van der Waals surface area contributed by atoms with E-state index in [1.165, 1.54) is 0 Å². The number of esters is 1. The van der Waals surface area contributed by atoms with Gasteiger partial charge in [0, 0.05) is 19.2 Å². The smallest absolute Gasteiger partial charge is 0.305 e. The molecule has 106 valence electrons. The molecule has 4 heteroatoms. The molecular weight excluding hydrogens is 240 g/mol. The zero-order chi connectivity index (χ0) is 13.9. The maximum atomic E-state index is 11.1. The van der Waals surface area contributed by atoms with Crippen molar-refractivity contribution in [3.63, 3.8) is 0 Å². The third kappa shape index (κ3) is 7.57. The monoisotopic (exact) mass is 264 g/mol. The van der Waals surface area contributed by atoms with Gasteiger partial charge in [-0.25, -0.2) is 0 Å². The lowest BCUT2D eigenvalue weighted by Gasteiger charge is -2.15. The van der Waals surface area contributed by atoms with Crippen LogP contribution in [0, 0.1) is 0 Å². The molecule has 0 bridgehead atoms. The SMILES string of the molecule is CCOC(=O)CCCCCN(C)Cc1ccccn1. The second-order valence-electron chi connectivity index (χ2n) is 4.67. The summed E-state index contributed by atoms with van der Waals surface area (Å²) in [6.45, 7) is 4.22. The van der Waals surface area contributed by atoms with Gasteiger partial charge in [-0.05, 0) is 45.5 Å². The van der Waals surface area contributed by atoms with Gasteiger partial charge in [0.05, 0.1) is 12.3 Å². The van der Waals surface area contributed by atoms with Crippen LogP contribution in [-0.4, -0.2) is 36.1 Å². The van der Waals surface area contributed by atoms with E-state index >= 15 is 0 Å². The van der Waals surface area contributed by atoms with Crippen molar-refractivity contribution in [2.75, 3.05) is 20.2 Å². The molecule has 0 aliphatic rings. The van der Waals surface area contributed by atoms with E-state index in [0.29, 0.717) is 13.0 Å². The Morgan fingerprint density at radius 1 is 1.32 bits per heavy atom. The number of pyridine rings is 1. The highest BCUT2D eigenvalue weighted by Crippen LogP contribution is 2.04. The van der Waals surface area contributed by atoms with Gasteiger partial charge in [-0.15, -0.1) is 0 Å². The van der Waals surface area contributed by atoms with E-state index in [2.05, 4.69) is 16.9 Å². The second kappa shape index (κ2) is 9.50. The zero-order valence-corrected chi connectivity index (χ0v) is 12.0. The van der Waals surface area contributed by atoms with Crippen molar-refractivity contribution in [2.24, 2.45) is 0 Å². The van der Waals surface area contributed by atoms with Crippen LogP contribution in [0.1, 0.15) is 38.3 Å². The lowest BCUT2D eigenvalue weighted by Crippen LogP contribution is -2.19.